The van der Waals surface area contributed by atoms with Crippen molar-refractivity contribution < 1.29 is 4.39 Å². The third kappa shape index (κ3) is 2.89. The summed E-state index contributed by atoms with van der Waals surface area (Å²) in [7, 11) is 0. The molecule has 0 bridgehead atoms. The second kappa shape index (κ2) is 5.10. The highest BCUT2D eigenvalue weighted by Crippen LogP contribution is 2.32. The number of hydrogen-bond donors (Lipinski definition) is 1. The highest BCUT2D eigenvalue weighted by Gasteiger charge is 2.23. The molecule has 0 fully saturated rings. The van der Waals surface area contributed by atoms with E-state index >= 15 is 0 Å². The van der Waals surface area contributed by atoms with Crippen molar-refractivity contribution in [2.75, 3.05) is 5.73 Å². The molecule has 2 rings (SSSR count). The summed E-state index contributed by atoms with van der Waals surface area (Å²) in [6.07, 6.45) is 0. The molecule has 0 aliphatic heterocycles. The lowest BCUT2D eigenvalue weighted by atomic mass is 9.94. The number of hydrogen-bond acceptors (Lipinski definition) is 3. The van der Waals surface area contributed by atoms with Gasteiger partial charge in [0.2, 0.25) is 0 Å². The number of anilines is 1. The third-order valence-electron chi connectivity index (χ3n) is 3.52. The maximum Gasteiger partial charge on any atom is 0.136 e. The summed E-state index contributed by atoms with van der Waals surface area (Å²) in [5.41, 5.74) is 9.33. The first-order chi connectivity index (χ1) is 9.61. The lowest BCUT2D eigenvalue weighted by molar-refractivity contribution is 0.546. The molecule has 1 aromatic heterocycles. The molecule has 21 heavy (non-hydrogen) atoms. The molecule has 0 aliphatic carbocycles. The fourth-order valence-corrected chi connectivity index (χ4v) is 2.33. The molecule has 0 amide bonds. The van der Waals surface area contributed by atoms with Crippen LogP contribution in [-0.4, -0.2) is 9.97 Å². The van der Waals surface area contributed by atoms with Crippen LogP contribution < -0.4 is 5.73 Å². The van der Waals surface area contributed by atoms with E-state index in [9.17, 15) is 4.39 Å². The molecule has 0 saturated heterocycles. The van der Waals surface area contributed by atoms with Gasteiger partial charge < -0.3 is 5.73 Å². The van der Waals surface area contributed by atoms with Crippen molar-refractivity contribution in [3.8, 4) is 11.3 Å². The van der Waals surface area contributed by atoms with Gasteiger partial charge in [0.1, 0.15) is 17.5 Å². The zero-order valence-electron chi connectivity index (χ0n) is 13.5. The quantitative estimate of drug-likeness (QED) is 0.859. The highest BCUT2D eigenvalue weighted by molar-refractivity contribution is 5.71. The van der Waals surface area contributed by atoms with Gasteiger partial charge in [-0.15, -0.1) is 0 Å². The lowest BCUT2D eigenvalue weighted by Gasteiger charge is -2.20. The van der Waals surface area contributed by atoms with Crippen molar-refractivity contribution in [1.82, 2.24) is 9.97 Å². The number of halogens is 1. The topological polar surface area (TPSA) is 51.8 Å². The minimum atomic E-state index is -0.270. The largest absolute Gasteiger partial charge is 0.383 e. The van der Waals surface area contributed by atoms with E-state index in [1.807, 2.05) is 47.6 Å². The average molecular weight is 287 g/mol. The minimum Gasteiger partial charge on any atom is -0.383 e. The van der Waals surface area contributed by atoms with Crippen molar-refractivity contribution in [3.05, 3.63) is 40.5 Å². The number of nitrogen functional groups attached to an aromatic ring is 1. The monoisotopic (exact) mass is 287 g/mol. The van der Waals surface area contributed by atoms with Crippen LogP contribution in [0.15, 0.2) is 12.1 Å². The molecule has 1 aromatic carbocycles. The van der Waals surface area contributed by atoms with E-state index in [1.165, 1.54) is 6.07 Å². The van der Waals surface area contributed by atoms with Crippen LogP contribution in [-0.2, 0) is 5.41 Å². The van der Waals surface area contributed by atoms with Crippen LogP contribution in [0.4, 0.5) is 10.2 Å². The minimum absolute atomic E-state index is 0.244. The van der Waals surface area contributed by atoms with Crippen LogP contribution in [0.2, 0.25) is 0 Å². The normalized spacial score (nSPS) is 11.8. The summed E-state index contributed by atoms with van der Waals surface area (Å²) in [5.74, 6) is 0.762. The second-order valence-electron chi connectivity index (χ2n) is 6.59. The molecular weight excluding hydrogens is 265 g/mol. The van der Waals surface area contributed by atoms with Gasteiger partial charge in [-0.3, -0.25) is 0 Å². The molecule has 0 atom stereocenters. The van der Waals surface area contributed by atoms with Crippen molar-refractivity contribution in [2.24, 2.45) is 0 Å². The summed E-state index contributed by atoms with van der Waals surface area (Å²) in [6.45, 7) is 11.6. The molecule has 112 valence electrons. The Balaban J connectivity index is 2.78. The molecule has 2 aromatic rings. The number of aromatic nitrogens is 2. The molecule has 1 heterocycles. The van der Waals surface area contributed by atoms with Crippen molar-refractivity contribution in [2.45, 2.75) is 47.0 Å². The molecule has 2 N–H and O–H groups in total. The number of nitrogens with zero attached hydrogens (tertiary/aromatic N) is 2. The van der Waals surface area contributed by atoms with Gasteiger partial charge in [-0.2, -0.15) is 0 Å². The summed E-state index contributed by atoms with van der Waals surface area (Å²) in [5, 5.41) is 0. The van der Waals surface area contributed by atoms with Crippen LogP contribution in [0, 0.1) is 26.6 Å². The first-order valence-corrected chi connectivity index (χ1v) is 7.03. The molecule has 3 nitrogen and oxygen atoms in total. The zero-order valence-corrected chi connectivity index (χ0v) is 13.5. The van der Waals surface area contributed by atoms with Gasteiger partial charge in [-0.25, -0.2) is 14.4 Å². The van der Waals surface area contributed by atoms with Crippen molar-refractivity contribution >= 4 is 5.82 Å². The zero-order chi connectivity index (χ0) is 15.9. The van der Waals surface area contributed by atoms with E-state index in [2.05, 4.69) is 9.97 Å². The predicted octanol–water partition coefficient (Wildman–Crippen LogP) is 4.09. The molecular formula is C17H22FN3. The van der Waals surface area contributed by atoms with Gasteiger partial charge in [0.05, 0.1) is 5.69 Å². The van der Waals surface area contributed by atoms with Crippen LogP contribution in [0.3, 0.4) is 0 Å². The second-order valence-corrected chi connectivity index (χ2v) is 6.59. The van der Waals surface area contributed by atoms with Gasteiger partial charge in [0.15, 0.2) is 0 Å². The Labute approximate surface area is 125 Å². The fraction of sp³-hybridized carbons (Fsp3) is 0.412. The van der Waals surface area contributed by atoms with E-state index in [1.54, 1.807) is 0 Å². The Morgan fingerprint density at radius 2 is 1.67 bits per heavy atom. The maximum atomic E-state index is 14.4. The fourth-order valence-electron chi connectivity index (χ4n) is 2.33. The van der Waals surface area contributed by atoms with E-state index in [0.29, 0.717) is 28.5 Å². The highest BCUT2D eigenvalue weighted by atomic mass is 19.1. The summed E-state index contributed by atoms with van der Waals surface area (Å²) in [4.78, 5) is 8.95. The first kappa shape index (κ1) is 15.4. The summed E-state index contributed by atoms with van der Waals surface area (Å²) < 4.78 is 14.4. The number of nitrogens with two attached hydrogens (primary N) is 1. The van der Waals surface area contributed by atoms with Crippen molar-refractivity contribution in [3.63, 3.8) is 0 Å². The van der Waals surface area contributed by atoms with E-state index in [0.717, 1.165) is 11.1 Å². The van der Waals surface area contributed by atoms with Crippen LogP contribution >= 0.6 is 0 Å². The maximum absolute atomic E-state index is 14.4. The molecule has 0 unspecified atom stereocenters. The molecule has 0 saturated carbocycles. The van der Waals surface area contributed by atoms with Gasteiger partial charge in [0.25, 0.3) is 0 Å². The lowest BCUT2D eigenvalue weighted by Crippen LogP contribution is -2.18. The SMILES string of the molecule is Cc1cc(C)c(-c2nc(C(C)(C)C)nc(N)c2C)c(F)c1. The molecule has 0 spiro atoms. The Morgan fingerprint density at radius 1 is 1.05 bits per heavy atom. The van der Waals surface area contributed by atoms with Crippen LogP contribution in [0.1, 0.15) is 43.3 Å². The Bertz CT molecular complexity index is 677. The Hall–Kier alpha value is -1.97. The van der Waals surface area contributed by atoms with Crippen LogP contribution in [0.5, 0.6) is 0 Å². The van der Waals surface area contributed by atoms with E-state index in [4.69, 9.17) is 5.73 Å². The Morgan fingerprint density at radius 3 is 2.19 bits per heavy atom. The number of benzene rings is 1. The molecule has 0 aliphatic rings. The number of aryl methyl sites for hydroxylation is 2. The first-order valence-electron chi connectivity index (χ1n) is 7.03. The van der Waals surface area contributed by atoms with Gasteiger partial charge in [-0.1, -0.05) is 26.8 Å². The van der Waals surface area contributed by atoms with E-state index < -0.39 is 0 Å². The summed E-state index contributed by atoms with van der Waals surface area (Å²) >= 11 is 0. The summed E-state index contributed by atoms with van der Waals surface area (Å²) in [6, 6.07) is 3.48. The molecule has 0 radical (unpaired) electrons. The standard InChI is InChI=1S/C17H22FN3/c1-9-7-10(2)13(12(18)8-9)14-11(3)15(19)21-16(20-14)17(4,5)6/h7-8H,1-6H3,(H2,19,20,21). The third-order valence-corrected chi connectivity index (χ3v) is 3.52. The van der Waals surface area contributed by atoms with E-state index in [-0.39, 0.29) is 11.2 Å². The van der Waals surface area contributed by atoms with Crippen molar-refractivity contribution in [1.29, 1.82) is 0 Å². The predicted molar refractivity (Wildman–Crippen MR) is 84.7 cm³/mol. The van der Waals surface area contributed by atoms with Crippen LogP contribution in [0.25, 0.3) is 11.3 Å². The smallest absolute Gasteiger partial charge is 0.136 e. The number of rotatable bonds is 1. The van der Waals surface area contributed by atoms with Gasteiger partial charge >= 0.3 is 0 Å². The molecule has 4 heteroatoms. The Kier molecular flexibility index (Phi) is 3.74. The van der Waals surface area contributed by atoms with Gasteiger partial charge in [-0.05, 0) is 38.0 Å². The average Bonchev–Trinajstić information content (AvgIpc) is 2.31. The van der Waals surface area contributed by atoms with Gasteiger partial charge in [0, 0.05) is 16.5 Å².